The van der Waals surface area contributed by atoms with Crippen LogP contribution in [0.5, 0.6) is 0 Å². The number of alkyl carbamates (subject to hydrolysis) is 1. The molecule has 2 unspecified atom stereocenters. The number of nitrogens with zero attached hydrogens (tertiary/aromatic N) is 5. The molecule has 0 radical (unpaired) electrons. The van der Waals surface area contributed by atoms with Crippen molar-refractivity contribution in [3.05, 3.63) is 77.8 Å². The summed E-state index contributed by atoms with van der Waals surface area (Å²) < 4.78 is 4.79. The first-order valence-corrected chi connectivity index (χ1v) is 19.0. The van der Waals surface area contributed by atoms with Gasteiger partial charge in [-0.25, -0.2) is 14.8 Å². The number of carbonyl (C=O) groups excluding carboxylic acids is 2. The molecule has 0 aliphatic carbocycles. The van der Waals surface area contributed by atoms with Gasteiger partial charge in [-0.3, -0.25) is 4.79 Å². The van der Waals surface area contributed by atoms with Crippen LogP contribution in [0, 0.1) is 29.6 Å². The second-order valence-electron chi connectivity index (χ2n) is 14.7. The molecular formula is C42H49N9O3. The van der Waals surface area contributed by atoms with Crippen LogP contribution < -0.4 is 15.5 Å². The van der Waals surface area contributed by atoms with E-state index in [0.29, 0.717) is 6.54 Å². The molecule has 5 heterocycles. The van der Waals surface area contributed by atoms with Gasteiger partial charge in [0.25, 0.3) is 0 Å². The molecule has 3 saturated heterocycles. The molecular weight excluding hydrogens is 679 g/mol. The number of imidazole rings is 2. The summed E-state index contributed by atoms with van der Waals surface area (Å²) in [7, 11) is 3.47. The van der Waals surface area contributed by atoms with Gasteiger partial charge >= 0.3 is 6.09 Å². The Morgan fingerprint density at radius 1 is 0.889 bits per heavy atom. The number of amides is 2. The summed E-state index contributed by atoms with van der Waals surface area (Å²) in [4.78, 5) is 48.5. The Labute approximate surface area is 317 Å². The third-order valence-corrected chi connectivity index (χ3v) is 10.7. The first-order valence-electron chi connectivity index (χ1n) is 19.0. The van der Waals surface area contributed by atoms with Crippen LogP contribution in [0.1, 0.15) is 74.5 Å². The largest absolute Gasteiger partial charge is 0.453 e. The van der Waals surface area contributed by atoms with Crippen molar-refractivity contribution in [2.75, 3.05) is 58.3 Å². The highest BCUT2D eigenvalue weighted by Crippen LogP contribution is 2.35. The number of methoxy groups -OCH3 is 1. The van der Waals surface area contributed by atoms with E-state index in [1.807, 2.05) is 37.1 Å². The Kier molecular flexibility index (Phi) is 11.3. The molecule has 0 bridgehead atoms. The van der Waals surface area contributed by atoms with Crippen molar-refractivity contribution in [1.82, 2.24) is 40.4 Å². The zero-order valence-electron chi connectivity index (χ0n) is 31.5. The van der Waals surface area contributed by atoms with E-state index < -0.39 is 12.1 Å². The molecule has 4 N–H and O–H groups in total. The zero-order valence-corrected chi connectivity index (χ0v) is 31.5. The fourth-order valence-corrected chi connectivity index (χ4v) is 7.51. The molecule has 2 aromatic heterocycles. The maximum Gasteiger partial charge on any atom is 0.407 e. The standard InChI is InChI=1S/C42H49N9O3/c1-28(2)38(48-42(53)54-4)41(52)51-20-8-12-37(51)40-45-27-36(47-40)31-14-13-29(9-5-6-10-32-26-44-39(46-32)35-11-7-19-43-35)34(25-31)30-15-17-33(18-16-30)50-23-21-49(3)22-24-50/h13-18,25-28,35,37-38,43H,7-8,11-12,19-24H2,1-4H3,(H,44,46)(H,45,47)(H,48,53)/t35?,37?,38-/m0/s1. The molecule has 2 aromatic carbocycles. The molecule has 54 heavy (non-hydrogen) atoms. The Bertz CT molecular complexity index is 2070. The summed E-state index contributed by atoms with van der Waals surface area (Å²) in [6.07, 6.45) is 6.83. The van der Waals surface area contributed by atoms with Gasteiger partial charge in [0, 0.05) is 49.5 Å². The molecule has 4 aromatic rings. The topological polar surface area (TPSA) is 135 Å². The van der Waals surface area contributed by atoms with Crippen LogP contribution in [-0.4, -0.2) is 101 Å². The number of aromatic amines is 2. The third kappa shape index (κ3) is 8.31. The van der Waals surface area contributed by atoms with Crippen molar-refractivity contribution < 1.29 is 14.3 Å². The van der Waals surface area contributed by atoms with Crippen molar-refractivity contribution in [3.63, 3.8) is 0 Å². The highest BCUT2D eigenvalue weighted by Gasteiger charge is 2.37. The molecule has 3 aliphatic rings. The van der Waals surface area contributed by atoms with E-state index in [0.717, 1.165) is 104 Å². The number of H-pyrrole nitrogens is 2. The summed E-state index contributed by atoms with van der Waals surface area (Å²) >= 11 is 0. The Hall–Kier alpha value is -5.56. The van der Waals surface area contributed by atoms with E-state index in [1.165, 1.54) is 12.8 Å². The molecule has 3 atom stereocenters. The monoisotopic (exact) mass is 727 g/mol. The van der Waals surface area contributed by atoms with Crippen LogP contribution in [0.15, 0.2) is 54.9 Å². The number of nitrogens with one attached hydrogen (secondary N) is 4. The lowest BCUT2D eigenvalue weighted by atomic mass is 9.96. The first-order chi connectivity index (χ1) is 26.3. The van der Waals surface area contributed by atoms with Gasteiger partial charge in [0.1, 0.15) is 23.4 Å². The fraction of sp³-hybridized carbons (Fsp3) is 0.429. The predicted molar refractivity (Wildman–Crippen MR) is 209 cm³/mol. The number of hydrogen-bond donors (Lipinski definition) is 4. The average molecular weight is 728 g/mol. The Balaban J connectivity index is 1.15. The molecule has 3 aliphatic heterocycles. The van der Waals surface area contributed by atoms with Gasteiger partial charge < -0.3 is 40.0 Å². The van der Waals surface area contributed by atoms with Crippen molar-refractivity contribution >= 4 is 17.7 Å². The fourth-order valence-electron chi connectivity index (χ4n) is 7.51. The van der Waals surface area contributed by atoms with Crippen LogP contribution in [0.25, 0.3) is 22.4 Å². The van der Waals surface area contributed by atoms with Crippen LogP contribution in [0.2, 0.25) is 0 Å². The van der Waals surface area contributed by atoms with E-state index in [2.05, 4.69) is 96.4 Å². The highest BCUT2D eigenvalue weighted by atomic mass is 16.5. The number of benzene rings is 2. The van der Waals surface area contributed by atoms with E-state index in [1.54, 1.807) is 6.20 Å². The summed E-state index contributed by atoms with van der Waals surface area (Å²) in [5, 5.41) is 6.18. The minimum atomic E-state index is -0.692. The average Bonchev–Trinajstić information content (AvgIpc) is 4.03. The van der Waals surface area contributed by atoms with Crippen molar-refractivity contribution in [3.8, 4) is 46.1 Å². The number of carbonyl (C=O) groups is 2. The Morgan fingerprint density at radius 2 is 1.65 bits per heavy atom. The van der Waals surface area contributed by atoms with Gasteiger partial charge in [0.15, 0.2) is 0 Å². The molecule has 3 fully saturated rings. The maximum atomic E-state index is 13.7. The number of ether oxygens (including phenoxy) is 1. The number of hydrogen-bond acceptors (Lipinski definition) is 8. The van der Waals surface area contributed by atoms with Gasteiger partial charge in [0.05, 0.1) is 37.3 Å². The van der Waals surface area contributed by atoms with Crippen molar-refractivity contribution in [2.24, 2.45) is 5.92 Å². The lowest BCUT2D eigenvalue weighted by Gasteiger charge is -2.34. The van der Waals surface area contributed by atoms with Crippen LogP contribution >= 0.6 is 0 Å². The summed E-state index contributed by atoms with van der Waals surface area (Å²) in [5.41, 5.74) is 6.68. The minimum Gasteiger partial charge on any atom is -0.453 e. The van der Waals surface area contributed by atoms with Crippen LogP contribution in [0.3, 0.4) is 0 Å². The lowest BCUT2D eigenvalue weighted by molar-refractivity contribution is -0.135. The van der Waals surface area contributed by atoms with E-state index >= 15 is 0 Å². The molecule has 0 saturated carbocycles. The second kappa shape index (κ2) is 16.6. The normalized spacial score (nSPS) is 19.2. The van der Waals surface area contributed by atoms with Crippen molar-refractivity contribution in [2.45, 2.75) is 57.7 Å². The smallest absolute Gasteiger partial charge is 0.407 e. The van der Waals surface area contributed by atoms with Gasteiger partial charge in [-0.15, -0.1) is 0 Å². The summed E-state index contributed by atoms with van der Waals surface area (Å²) in [6.45, 7) is 9.52. The van der Waals surface area contributed by atoms with E-state index in [-0.39, 0.29) is 23.9 Å². The number of likely N-dealkylation sites (tertiary alicyclic amines) is 1. The Morgan fingerprint density at radius 3 is 2.39 bits per heavy atom. The third-order valence-electron chi connectivity index (χ3n) is 10.7. The summed E-state index contributed by atoms with van der Waals surface area (Å²) in [5.74, 6) is 13.9. The van der Waals surface area contributed by atoms with Gasteiger partial charge in [0.2, 0.25) is 5.91 Å². The molecule has 12 nitrogen and oxygen atoms in total. The number of anilines is 1. The zero-order chi connectivity index (χ0) is 37.6. The number of piperazine rings is 1. The number of likely N-dealkylation sites (N-methyl/N-ethyl adjacent to an activating group) is 1. The molecule has 12 heteroatoms. The number of aromatic nitrogens is 4. The van der Waals surface area contributed by atoms with Gasteiger partial charge in [-0.1, -0.05) is 38.0 Å². The van der Waals surface area contributed by atoms with Crippen LogP contribution in [0.4, 0.5) is 10.5 Å². The minimum absolute atomic E-state index is 0.107. The maximum absolute atomic E-state index is 13.7. The van der Waals surface area contributed by atoms with E-state index in [9.17, 15) is 9.59 Å². The highest BCUT2D eigenvalue weighted by molar-refractivity contribution is 5.86. The van der Waals surface area contributed by atoms with Gasteiger partial charge in [-0.05, 0) is 98.3 Å². The lowest BCUT2D eigenvalue weighted by Crippen LogP contribution is -2.51. The molecule has 7 rings (SSSR count). The van der Waals surface area contributed by atoms with Gasteiger partial charge in [-0.2, -0.15) is 0 Å². The van der Waals surface area contributed by atoms with Crippen molar-refractivity contribution in [1.29, 1.82) is 0 Å². The SMILES string of the molecule is COC(=O)N[C@H](C(=O)N1CCCC1c1ncc(-c2ccc(C#CC#Cc3cnc(C4CCCN4)[nH]3)c(-c3ccc(N4CCN(C)CC4)cc3)c2)[nH]1)C(C)C. The van der Waals surface area contributed by atoms with Crippen LogP contribution in [-0.2, 0) is 9.53 Å². The quantitative estimate of drug-likeness (QED) is 0.185. The molecule has 280 valence electrons. The first kappa shape index (κ1) is 36.8. The molecule has 2 amide bonds. The summed E-state index contributed by atoms with van der Waals surface area (Å²) in [6, 6.07) is 14.3. The van der Waals surface area contributed by atoms with E-state index in [4.69, 9.17) is 9.72 Å². The predicted octanol–water partition coefficient (Wildman–Crippen LogP) is 5.09. The molecule has 0 spiro atoms. The second-order valence-corrected chi connectivity index (χ2v) is 14.7. The number of rotatable bonds is 8.